The van der Waals surface area contributed by atoms with Crippen molar-refractivity contribution in [2.45, 2.75) is 26.3 Å². The molecule has 0 saturated carbocycles. The lowest BCUT2D eigenvalue weighted by Gasteiger charge is -2.21. The van der Waals surface area contributed by atoms with Crippen LogP contribution in [0.4, 0.5) is 10.5 Å². The van der Waals surface area contributed by atoms with E-state index in [4.69, 9.17) is 16.7 Å². The number of nitrogens with one attached hydrogen (secondary N) is 2. The van der Waals surface area contributed by atoms with Gasteiger partial charge in [-0.3, -0.25) is 4.79 Å². The number of halogens is 2. The third-order valence-electron chi connectivity index (χ3n) is 2.70. The van der Waals surface area contributed by atoms with Gasteiger partial charge in [0.15, 0.2) is 0 Å². The number of aliphatic carboxylic acids is 1. The molecule has 0 aromatic heterocycles. The van der Waals surface area contributed by atoms with E-state index in [0.717, 1.165) is 3.57 Å². The maximum atomic E-state index is 11.9. The van der Waals surface area contributed by atoms with Crippen molar-refractivity contribution in [1.82, 2.24) is 5.32 Å². The molecule has 3 N–H and O–H groups in total. The molecule has 7 heteroatoms. The summed E-state index contributed by atoms with van der Waals surface area (Å²) >= 11 is 7.90. The van der Waals surface area contributed by atoms with Gasteiger partial charge in [-0.15, -0.1) is 0 Å². The van der Waals surface area contributed by atoms with Gasteiger partial charge >= 0.3 is 12.0 Å². The van der Waals surface area contributed by atoms with Gasteiger partial charge in [0.05, 0.1) is 12.1 Å². The molecule has 0 aliphatic heterocycles. The van der Waals surface area contributed by atoms with Crippen molar-refractivity contribution in [2.75, 3.05) is 5.32 Å². The van der Waals surface area contributed by atoms with Crippen LogP contribution in [0.1, 0.15) is 20.3 Å². The molecule has 0 radical (unpaired) electrons. The first-order valence-corrected chi connectivity index (χ1v) is 7.49. The topological polar surface area (TPSA) is 78.4 Å². The molecule has 20 heavy (non-hydrogen) atoms. The van der Waals surface area contributed by atoms with Gasteiger partial charge in [-0.05, 0) is 46.7 Å². The number of carbonyl (C=O) groups excluding carboxylic acids is 1. The number of carboxylic acid groups (broad SMARTS) is 1. The summed E-state index contributed by atoms with van der Waals surface area (Å²) in [5.74, 6) is -0.911. The molecule has 1 rings (SSSR count). The molecular weight excluding hydrogens is 395 g/mol. The molecule has 1 atom stereocenters. The Labute approximate surface area is 136 Å². The Morgan fingerprint density at radius 2 is 2.05 bits per heavy atom. The van der Waals surface area contributed by atoms with E-state index in [1.54, 1.807) is 18.2 Å². The Balaban J connectivity index is 2.68. The van der Waals surface area contributed by atoms with Gasteiger partial charge in [-0.1, -0.05) is 25.4 Å². The average molecular weight is 411 g/mol. The molecule has 0 aliphatic carbocycles. The highest BCUT2D eigenvalue weighted by molar-refractivity contribution is 14.1. The smallest absolute Gasteiger partial charge is 0.319 e. The number of carbonyl (C=O) groups is 2. The fourth-order valence-electron chi connectivity index (χ4n) is 1.56. The van der Waals surface area contributed by atoms with Gasteiger partial charge in [0.25, 0.3) is 0 Å². The minimum Gasteiger partial charge on any atom is -0.481 e. The van der Waals surface area contributed by atoms with Crippen molar-refractivity contribution in [3.63, 3.8) is 0 Å². The maximum Gasteiger partial charge on any atom is 0.319 e. The Morgan fingerprint density at radius 1 is 1.40 bits per heavy atom. The van der Waals surface area contributed by atoms with Gasteiger partial charge in [-0.25, -0.2) is 4.79 Å². The van der Waals surface area contributed by atoms with Crippen LogP contribution >= 0.6 is 34.2 Å². The lowest BCUT2D eigenvalue weighted by molar-refractivity contribution is -0.137. The summed E-state index contributed by atoms with van der Waals surface area (Å²) in [7, 11) is 0. The van der Waals surface area contributed by atoms with Crippen LogP contribution in [0.3, 0.4) is 0 Å². The van der Waals surface area contributed by atoms with Crippen LogP contribution in [-0.4, -0.2) is 23.1 Å². The summed E-state index contributed by atoms with van der Waals surface area (Å²) < 4.78 is 0.810. The largest absolute Gasteiger partial charge is 0.481 e. The zero-order valence-corrected chi connectivity index (χ0v) is 14.0. The van der Waals surface area contributed by atoms with Crippen LogP contribution in [0.25, 0.3) is 0 Å². The summed E-state index contributed by atoms with van der Waals surface area (Å²) in [5.41, 5.74) is 0.630. The van der Waals surface area contributed by atoms with Crippen molar-refractivity contribution >= 4 is 51.9 Å². The highest BCUT2D eigenvalue weighted by atomic mass is 127. The fraction of sp³-hybridized carbons (Fsp3) is 0.385. The Hall–Kier alpha value is -1.02. The van der Waals surface area contributed by atoms with Crippen molar-refractivity contribution in [2.24, 2.45) is 5.92 Å². The molecule has 1 aromatic rings. The minimum absolute atomic E-state index is 0.0288. The molecule has 0 bridgehead atoms. The first kappa shape index (κ1) is 17.0. The number of urea groups is 1. The van der Waals surface area contributed by atoms with Crippen LogP contribution < -0.4 is 10.6 Å². The summed E-state index contributed by atoms with van der Waals surface area (Å²) in [6, 6.07) is 4.26. The standard InChI is InChI=1S/C13H16ClIN2O3/c1-7(2)11(6-12(18)19)17-13(20)16-10-4-3-8(14)5-9(10)15/h3-5,7,11H,6H2,1-2H3,(H,18,19)(H2,16,17,20). The predicted molar refractivity (Wildman–Crippen MR) is 87.2 cm³/mol. The Bertz CT molecular complexity index is 508. The van der Waals surface area contributed by atoms with E-state index in [1.807, 2.05) is 13.8 Å². The quantitative estimate of drug-likeness (QED) is 0.650. The van der Waals surface area contributed by atoms with E-state index in [-0.39, 0.29) is 12.3 Å². The summed E-state index contributed by atoms with van der Waals surface area (Å²) in [5, 5.41) is 14.8. The van der Waals surface area contributed by atoms with E-state index >= 15 is 0 Å². The van der Waals surface area contributed by atoms with Gasteiger partial charge in [0.2, 0.25) is 0 Å². The fourth-order valence-corrected chi connectivity index (χ4v) is 2.57. The normalized spacial score (nSPS) is 12.1. The Morgan fingerprint density at radius 3 is 2.55 bits per heavy atom. The van der Waals surface area contributed by atoms with E-state index in [9.17, 15) is 9.59 Å². The number of benzene rings is 1. The maximum absolute atomic E-state index is 11.9. The molecule has 0 aliphatic rings. The number of hydrogen-bond acceptors (Lipinski definition) is 2. The first-order chi connectivity index (χ1) is 9.29. The molecule has 0 saturated heterocycles. The van der Waals surface area contributed by atoms with Crippen molar-refractivity contribution in [3.05, 3.63) is 26.8 Å². The minimum atomic E-state index is -0.940. The number of anilines is 1. The molecular formula is C13H16ClIN2O3. The van der Waals surface area contributed by atoms with Crippen molar-refractivity contribution < 1.29 is 14.7 Å². The molecule has 0 spiro atoms. The SMILES string of the molecule is CC(C)C(CC(=O)O)NC(=O)Nc1ccc(Cl)cc1I. The van der Waals surface area contributed by atoms with Gasteiger partial charge in [0, 0.05) is 14.6 Å². The highest BCUT2D eigenvalue weighted by Crippen LogP contribution is 2.22. The predicted octanol–water partition coefficient (Wildman–Crippen LogP) is 3.57. The second-order valence-corrected chi connectivity index (χ2v) is 6.27. The van der Waals surface area contributed by atoms with Crippen molar-refractivity contribution in [1.29, 1.82) is 0 Å². The summed E-state index contributed by atoms with van der Waals surface area (Å²) in [6.45, 7) is 3.72. The molecule has 0 heterocycles. The zero-order valence-electron chi connectivity index (χ0n) is 11.1. The molecule has 1 aromatic carbocycles. The van der Waals surface area contributed by atoms with Crippen LogP contribution in [0.5, 0.6) is 0 Å². The Kier molecular flexibility index (Phi) is 6.54. The van der Waals surface area contributed by atoms with Crippen LogP contribution in [0, 0.1) is 9.49 Å². The second kappa shape index (κ2) is 7.68. The number of rotatable bonds is 5. The number of amides is 2. The van der Waals surface area contributed by atoms with Crippen LogP contribution in [-0.2, 0) is 4.79 Å². The molecule has 0 fully saturated rings. The lowest BCUT2D eigenvalue weighted by atomic mass is 10.0. The van der Waals surface area contributed by atoms with Gasteiger partial charge < -0.3 is 15.7 Å². The lowest BCUT2D eigenvalue weighted by Crippen LogP contribution is -2.42. The van der Waals surface area contributed by atoms with Crippen molar-refractivity contribution in [3.8, 4) is 0 Å². The number of carboxylic acids is 1. The third-order valence-corrected chi connectivity index (χ3v) is 3.82. The van der Waals surface area contributed by atoms with Crippen LogP contribution in [0.15, 0.2) is 18.2 Å². The van der Waals surface area contributed by atoms with Gasteiger partial charge in [0.1, 0.15) is 0 Å². The van der Waals surface area contributed by atoms with E-state index in [2.05, 4.69) is 33.2 Å². The molecule has 110 valence electrons. The van der Waals surface area contributed by atoms with Crippen LogP contribution in [0.2, 0.25) is 5.02 Å². The third kappa shape index (κ3) is 5.54. The van der Waals surface area contributed by atoms with Gasteiger partial charge in [-0.2, -0.15) is 0 Å². The first-order valence-electron chi connectivity index (χ1n) is 6.04. The van der Waals surface area contributed by atoms with E-state index < -0.39 is 18.0 Å². The monoisotopic (exact) mass is 410 g/mol. The summed E-state index contributed by atoms with van der Waals surface area (Å²) in [4.78, 5) is 22.7. The zero-order chi connectivity index (χ0) is 15.3. The van der Waals surface area contributed by atoms with E-state index in [1.165, 1.54) is 0 Å². The molecule has 5 nitrogen and oxygen atoms in total. The summed E-state index contributed by atoms with van der Waals surface area (Å²) in [6.07, 6.45) is -0.108. The average Bonchev–Trinajstić information content (AvgIpc) is 2.31. The van der Waals surface area contributed by atoms with E-state index in [0.29, 0.717) is 10.7 Å². The highest BCUT2D eigenvalue weighted by Gasteiger charge is 2.19. The second-order valence-electron chi connectivity index (χ2n) is 4.67. The molecule has 2 amide bonds. The molecule has 1 unspecified atom stereocenters. The number of hydrogen-bond donors (Lipinski definition) is 3.